The zero-order chi connectivity index (χ0) is 15.4. The Morgan fingerprint density at radius 1 is 1.29 bits per heavy atom. The predicted molar refractivity (Wildman–Crippen MR) is 79.2 cm³/mol. The van der Waals surface area contributed by atoms with E-state index >= 15 is 0 Å². The normalized spacial score (nSPS) is 11.8. The van der Waals surface area contributed by atoms with E-state index in [-0.39, 0.29) is 18.5 Å². The van der Waals surface area contributed by atoms with Crippen molar-refractivity contribution < 1.29 is 9.13 Å². The molecule has 2 N–H and O–H groups in total. The van der Waals surface area contributed by atoms with Gasteiger partial charge in [0.25, 0.3) is 0 Å². The highest BCUT2D eigenvalue weighted by atomic mass is 19.1. The molecule has 0 fully saturated rings. The summed E-state index contributed by atoms with van der Waals surface area (Å²) in [4.78, 5) is 0. The fourth-order valence-corrected chi connectivity index (χ4v) is 2.03. The Bertz CT molecular complexity index is 690. The number of aryl methyl sites for hydroxylation is 1. The summed E-state index contributed by atoms with van der Waals surface area (Å²) in [6.07, 6.45) is 0. The van der Waals surface area contributed by atoms with Crippen LogP contribution in [0.4, 0.5) is 4.39 Å². The van der Waals surface area contributed by atoms with Gasteiger partial charge >= 0.3 is 0 Å². The second-order valence-corrected chi connectivity index (χ2v) is 5.02. The Morgan fingerprint density at radius 2 is 2.05 bits per heavy atom. The Kier molecular flexibility index (Phi) is 4.56. The number of rotatable bonds is 4. The zero-order valence-electron chi connectivity index (χ0n) is 12.1. The molecule has 2 rings (SSSR count). The van der Waals surface area contributed by atoms with Crippen molar-refractivity contribution >= 4 is 0 Å². The number of nitrogens with two attached hydrogens (primary N) is 1. The molecule has 3 nitrogen and oxygen atoms in total. The molecule has 0 saturated carbocycles. The quantitative estimate of drug-likeness (QED) is 0.933. The molecule has 0 bridgehead atoms. The molecular weight excluding hydrogens is 267 g/mol. The van der Waals surface area contributed by atoms with E-state index in [0.717, 1.165) is 11.1 Å². The van der Waals surface area contributed by atoms with Gasteiger partial charge in [0.1, 0.15) is 18.2 Å². The van der Waals surface area contributed by atoms with Crippen molar-refractivity contribution in [3.8, 4) is 11.8 Å². The van der Waals surface area contributed by atoms with Crippen LogP contribution in [-0.4, -0.2) is 0 Å². The highest BCUT2D eigenvalue weighted by molar-refractivity contribution is 5.38. The summed E-state index contributed by atoms with van der Waals surface area (Å²) in [5.74, 6) is 0.306. The summed E-state index contributed by atoms with van der Waals surface area (Å²) < 4.78 is 19.3. The molecule has 0 aliphatic rings. The third kappa shape index (κ3) is 3.59. The van der Waals surface area contributed by atoms with Crippen molar-refractivity contribution in [3.63, 3.8) is 0 Å². The minimum absolute atomic E-state index is 0.0393. The van der Waals surface area contributed by atoms with Gasteiger partial charge in [0.2, 0.25) is 0 Å². The van der Waals surface area contributed by atoms with Crippen molar-refractivity contribution in [3.05, 3.63) is 64.5 Å². The van der Waals surface area contributed by atoms with Crippen LogP contribution in [0.15, 0.2) is 36.4 Å². The maximum atomic E-state index is 13.7. The molecule has 0 spiro atoms. The maximum absolute atomic E-state index is 13.7. The van der Waals surface area contributed by atoms with Crippen LogP contribution in [0.1, 0.15) is 35.2 Å². The van der Waals surface area contributed by atoms with Gasteiger partial charge in [-0.1, -0.05) is 12.1 Å². The highest BCUT2D eigenvalue weighted by Crippen LogP contribution is 2.23. The predicted octanol–water partition coefficient (Wildman–Crippen LogP) is 3.60. The molecule has 0 aromatic heterocycles. The number of ether oxygens (including phenoxy) is 1. The van der Waals surface area contributed by atoms with E-state index in [1.807, 2.05) is 38.1 Å². The lowest BCUT2D eigenvalue weighted by atomic mass is 10.1. The monoisotopic (exact) mass is 284 g/mol. The number of benzene rings is 2. The van der Waals surface area contributed by atoms with Gasteiger partial charge in [-0.2, -0.15) is 5.26 Å². The van der Waals surface area contributed by atoms with E-state index in [0.29, 0.717) is 16.9 Å². The third-order valence-electron chi connectivity index (χ3n) is 3.28. The second kappa shape index (κ2) is 6.38. The van der Waals surface area contributed by atoms with E-state index in [9.17, 15) is 4.39 Å². The van der Waals surface area contributed by atoms with E-state index in [2.05, 4.69) is 0 Å². The summed E-state index contributed by atoms with van der Waals surface area (Å²) in [7, 11) is 0. The topological polar surface area (TPSA) is 59.0 Å². The number of nitriles is 1. The van der Waals surface area contributed by atoms with Gasteiger partial charge < -0.3 is 10.5 Å². The molecule has 0 radical (unpaired) electrons. The number of halogens is 1. The summed E-state index contributed by atoms with van der Waals surface area (Å²) in [6, 6.07) is 11.9. The van der Waals surface area contributed by atoms with Crippen LogP contribution < -0.4 is 10.5 Å². The first kappa shape index (κ1) is 15.0. The summed E-state index contributed by atoms with van der Waals surface area (Å²) in [5, 5.41) is 8.84. The average Bonchev–Trinajstić information content (AvgIpc) is 2.47. The van der Waals surface area contributed by atoms with Gasteiger partial charge in [-0.25, -0.2) is 4.39 Å². The van der Waals surface area contributed by atoms with E-state index in [4.69, 9.17) is 15.7 Å². The van der Waals surface area contributed by atoms with Crippen molar-refractivity contribution in [2.75, 3.05) is 0 Å². The Labute approximate surface area is 123 Å². The molecule has 0 aliphatic heterocycles. The largest absolute Gasteiger partial charge is 0.489 e. The number of hydrogen-bond donors (Lipinski definition) is 1. The first-order valence-corrected chi connectivity index (χ1v) is 6.68. The van der Waals surface area contributed by atoms with Gasteiger partial charge in [-0.15, -0.1) is 0 Å². The lowest BCUT2D eigenvalue weighted by molar-refractivity contribution is 0.297. The summed E-state index contributed by atoms with van der Waals surface area (Å²) in [5.41, 5.74) is 8.58. The number of hydrogen-bond acceptors (Lipinski definition) is 3. The van der Waals surface area contributed by atoms with Crippen molar-refractivity contribution in [2.45, 2.75) is 26.5 Å². The second-order valence-electron chi connectivity index (χ2n) is 5.02. The van der Waals surface area contributed by atoms with Gasteiger partial charge in [0.15, 0.2) is 0 Å². The highest BCUT2D eigenvalue weighted by Gasteiger charge is 2.08. The maximum Gasteiger partial charge on any atom is 0.129 e. The van der Waals surface area contributed by atoms with Crippen LogP contribution >= 0.6 is 0 Å². The van der Waals surface area contributed by atoms with E-state index in [1.54, 1.807) is 0 Å². The smallest absolute Gasteiger partial charge is 0.129 e. The van der Waals surface area contributed by atoms with E-state index in [1.165, 1.54) is 18.2 Å². The molecule has 0 heterocycles. The molecular formula is C17H17FN2O. The minimum atomic E-state index is -0.376. The molecule has 2 aromatic rings. The first-order valence-electron chi connectivity index (χ1n) is 6.68. The van der Waals surface area contributed by atoms with Gasteiger partial charge in [-0.3, -0.25) is 0 Å². The van der Waals surface area contributed by atoms with Gasteiger partial charge in [0, 0.05) is 11.6 Å². The zero-order valence-corrected chi connectivity index (χ0v) is 12.1. The van der Waals surface area contributed by atoms with Gasteiger partial charge in [-0.05, 0) is 49.2 Å². The fraction of sp³-hybridized carbons (Fsp3) is 0.235. The van der Waals surface area contributed by atoms with Crippen LogP contribution in [0, 0.1) is 24.1 Å². The lowest BCUT2D eigenvalue weighted by Crippen LogP contribution is -2.06. The standard InChI is InChI=1S/C17H17FN2O/c1-11-7-14(12(2)20)4-6-17(11)21-10-15-8-13(9-19)3-5-16(15)18/h3-8,12H,10,20H2,1-2H3/t12-/m0/s1. The summed E-state index contributed by atoms with van der Waals surface area (Å²) in [6.45, 7) is 3.92. The molecule has 0 unspecified atom stereocenters. The molecule has 1 atom stereocenters. The molecule has 2 aromatic carbocycles. The molecule has 0 aliphatic carbocycles. The third-order valence-corrected chi connectivity index (χ3v) is 3.28. The minimum Gasteiger partial charge on any atom is -0.489 e. The molecule has 21 heavy (non-hydrogen) atoms. The fourth-order valence-electron chi connectivity index (χ4n) is 2.03. The first-order chi connectivity index (χ1) is 10.0. The molecule has 108 valence electrons. The number of nitrogens with zero attached hydrogens (tertiary/aromatic N) is 1. The SMILES string of the molecule is Cc1cc([C@H](C)N)ccc1OCc1cc(C#N)ccc1F. The Morgan fingerprint density at radius 3 is 2.67 bits per heavy atom. The Balaban J connectivity index is 2.15. The molecule has 0 saturated heterocycles. The lowest BCUT2D eigenvalue weighted by Gasteiger charge is -2.13. The van der Waals surface area contributed by atoms with Crippen molar-refractivity contribution in [1.82, 2.24) is 0 Å². The van der Waals surface area contributed by atoms with E-state index < -0.39 is 0 Å². The summed E-state index contributed by atoms with van der Waals surface area (Å²) >= 11 is 0. The van der Waals surface area contributed by atoms with Crippen molar-refractivity contribution in [2.24, 2.45) is 5.73 Å². The van der Waals surface area contributed by atoms with Crippen LogP contribution in [0.5, 0.6) is 5.75 Å². The average molecular weight is 284 g/mol. The van der Waals surface area contributed by atoms with Crippen molar-refractivity contribution in [1.29, 1.82) is 5.26 Å². The van der Waals surface area contributed by atoms with Crippen LogP contribution in [0.2, 0.25) is 0 Å². The molecule has 0 amide bonds. The molecule has 4 heteroatoms. The Hall–Kier alpha value is -2.38. The van der Waals surface area contributed by atoms with Gasteiger partial charge in [0.05, 0.1) is 11.6 Å². The van der Waals surface area contributed by atoms with Crippen LogP contribution in [0.3, 0.4) is 0 Å². The van der Waals surface area contributed by atoms with Crippen LogP contribution in [-0.2, 0) is 6.61 Å². The van der Waals surface area contributed by atoms with Crippen LogP contribution in [0.25, 0.3) is 0 Å².